The number of alkyl halides is 3. The molecule has 0 saturated carbocycles. The van der Waals surface area contributed by atoms with Crippen LogP contribution in [0.15, 0.2) is 42.5 Å². The third-order valence-electron chi connectivity index (χ3n) is 4.15. The number of fused-ring (bicyclic) bond motifs is 1. The predicted molar refractivity (Wildman–Crippen MR) is 99.5 cm³/mol. The van der Waals surface area contributed by atoms with E-state index in [4.69, 9.17) is 13.0 Å². The van der Waals surface area contributed by atoms with Crippen LogP contribution < -0.4 is 0 Å². The molecule has 2 aromatic carbocycles. The number of carbonyl (C=O) groups excluding carboxylic acids is 1. The van der Waals surface area contributed by atoms with Crippen molar-refractivity contribution < 1.29 is 30.9 Å². The maximum atomic E-state index is 12.2. The first-order valence-electron chi connectivity index (χ1n) is 8.19. The Morgan fingerprint density at radius 1 is 1.07 bits per heavy atom. The first kappa shape index (κ1) is 21.7. The molecule has 1 heterocycles. The second kappa shape index (κ2) is 8.62. The molecule has 1 aliphatic heterocycles. The summed E-state index contributed by atoms with van der Waals surface area (Å²) >= 11 is 0. The van der Waals surface area contributed by atoms with Gasteiger partial charge in [-0.25, -0.2) is 8.42 Å². The van der Waals surface area contributed by atoms with E-state index in [1.807, 2.05) is 0 Å². The molecule has 0 bridgehead atoms. The Balaban J connectivity index is 0.000000279. The van der Waals surface area contributed by atoms with Gasteiger partial charge in [0.25, 0.3) is 0 Å². The number of Topliss-reactive ketones (excluding diaryl/α,β-unsaturated/α-hetero) is 1. The van der Waals surface area contributed by atoms with Gasteiger partial charge in [0.2, 0.25) is 5.25 Å². The van der Waals surface area contributed by atoms with Crippen LogP contribution in [0.25, 0.3) is 10.8 Å². The van der Waals surface area contributed by atoms with Crippen molar-refractivity contribution in [2.24, 2.45) is 0 Å². The normalized spacial score (nSPS) is 16.6. The van der Waals surface area contributed by atoms with E-state index in [0.717, 1.165) is 0 Å². The van der Waals surface area contributed by atoms with Crippen LogP contribution in [-0.4, -0.2) is 35.8 Å². The van der Waals surface area contributed by atoms with E-state index >= 15 is 0 Å². The molecule has 3 rings (SSSR count). The number of hydrogen-bond acceptors (Lipinski definition) is 4. The highest BCUT2D eigenvalue weighted by atomic mass is 32.2. The molecular formula is C18H19F3O4S2. The lowest BCUT2D eigenvalue weighted by Crippen LogP contribution is -2.22. The quantitative estimate of drug-likeness (QED) is 0.428. The Morgan fingerprint density at radius 2 is 1.59 bits per heavy atom. The second-order valence-corrected chi connectivity index (χ2v) is 9.85. The zero-order valence-corrected chi connectivity index (χ0v) is 16.2. The summed E-state index contributed by atoms with van der Waals surface area (Å²) in [6.45, 7) is 1.76. The first-order chi connectivity index (χ1) is 12.5. The lowest BCUT2D eigenvalue weighted by molar-refractivity contribution is -0.116. The molecule has 148 valence electrons. The van der Waals surface area contributed by atoms with Crippen molar-refractivity contribution in [1.29, 1.82) is 0 Å². The minimum atomic E-state index is -6.09. The van der Waals surface area contributed by atoms with Crippen LogP contribution in [0.1, 0.15) is 30.6 Å². The first-order valence-corrected chi connectivity index (χ1v) is 11.2. The van der Waals surface area contributed by atoms with E-state index in [0.29, 0.717) is 5.78 Å². The van der Waals surface area contributed by atoms with Crippen LogP contribution >= 0.6 is 0 Å². The minimum Gasteiger partial charge on any atom is -0.741 e. The van der Waals surface area contributed by atoms with Gasteiger partial charge >= 0.3 is 5.51 Å². The molecule has 1 fully saturated rings. The summed E-state index contributed by atoms with van der Waals surface area (Å²) < 4.78 is 58.9. The summed E-state index contributed by atoms with van der Waals surface area (Å²) in [7, 11) is -5.84. The number of carbonyl (C=O) groups is 1. The van der Waals surface area contributed by atoms with Crippen molar-refractivity contribution in [3.8, 4) is 0 Å². The van der Waals surface area contributed by atoms with Gasteiger partial charge in [-0.05, 0) is 23.6 Å². The van der Waals surface area contributed by atoms with Gasteiger partial charge in [0.15, 0.2) is 15.9 Å². The highest BCUT2D eigenvalue weighted by Crippen LogP contribution is 2.35. The van der Waals surface area contributed by atoms with Crippen LogP contribution in [0.5, 0.6) is 0 Å². The fourth-order valence-corrected chi connectivity index (χ4v) is 5.88. The van der Waals surface area contributed by atoms with Crippen molar-refractivity contribution >= 4 is 37.6 Å². The Bertz CT molecular complexity index is 899. The van der Waals surface area contributed by atoms with Crippen molar-refractivity contribution in [3.63, 3.8) is 0 Å². The summed E-state index contributed by atoms with van der Waals surface area (Å²) in [4.78, 5) is 12.2. The van der Waals surface area contributed by atoms with Gasteiger partial charge in [-0.3, -0.25) is 4.79 Å². The largest absolute Gasteiger partial charge is 0.741 e. The zero-order valence-electron chi connectivity index (χ0n) is 14.5. The third kappa shape index (κ3) is 5.46. The summed E-state index contributed by atoms with van der Waals surface area (Å²) in [6, 6.07) is 14.8. The summed E-state index contributed by atoms with van der Waals surface area (Å²) in [6.07, 6.45) is 2.58. The van der Waals surface area contributed by atoms with Gasteiger partial charge in [-0.1, -0.05) is 42.5 Å². The number of hydrogen-bond donors (Lipinski definition) is 0. The fraction of sp³-hybridized carbons (Fsp3) is 0.389. The monoisotopic (exact) mass is 420 g/mol. The fourth-order valence-electron chi connectivity index (χ4n) is 3.03. The molecule has 0 spiro atoms. The number of ketones is 1. The standard InChI is InChI=1S/C17H19OS.CHF3O3S/c1-13(18)17(19-11-4-5-12-19)16-10-6-8-14-7-2-3-9-15(14)16;2-1(3,4)8(5,6)7/h2-3,6-10,17H,4-5,11-12H2,1H3;(H,5,6,7)/q+1;/p-1. The molecule has 0 aliphatic carbocycles. The average molecular weight is 420 g/mol. The summed E-state index contributed by atoms with van der Waals surface area (Å²) in [5, 5.41) is 2.62. The van der Waals surface area contributed by atoms with Gasteiger partial charge in [-0.15, -0.1) is 0 Å². The molecule has 2 aromatic rings. The maximum absolute atomic E-state index is 12.2. The van der Waals surface area contributed by atoms with Crippen molar-refractivity contribution in [1.82, 2.24) is 0 Å². The van der Waals surface area contributed by atoms with Crippen LogP contribution in [0, 0.1) is 0 Å². The molecule has 27 heavy (non-hydrogen) atoms. The lowest BCUT2D eigenvalue weighted by Gasteiger charge is -2.15. The molecule has 1 aliphatic rings. The molecule has 0 N–H and O–H groups in total. The zero-order chi connectivity index (χ0) is 20.2. The summed E-state index contributed by atoms with van der Waals surface area (Å²) in [5.74, 6) is 2.79. The summed E-state index contributed by atoms with van der Waals surface area (Å²) in [5.41, 5.74) is -4.40. The molecule has 1 atom stereocenters. The van der Waals surface area contributed by atoms with Gasteiger partial charge in [0.1, 0.15) is 11.5 Å². The molecule has 0 amide bonds. The third-order valence-corrected chi connectivity index (χ3v) is 7.60. The molecule has 4 nitrogen and oxygen atoms in total. The highest BCUT2D eigenvalue weighted by molar-refractivity contribution is 7.98. The van der Waals surface area contributed by atoms with E-state index in [2.05, 4.69) is 42.5 Å². The van der Waals surface area contributed by atoms with E-state index in [1.54, 1.807) is 6.92 Å². The molecule has 1 unspecified atom stereocenters. The van der Waals surface area contributed by atoms with Crippen LogP contribution in [0.3, 0.4) is 0 Å². The molecule has 0 aromatic heterocycles. The Morgan fingerprint density at radius 3 is 2.11 bits per heavy atom. The van der Waals surface area contributed by atoms with E-state index < -0.39 is 15.6 Å². The Hall–Kier alpha value is -1.58. The van der Waals surface area contributed by atoms with Crippen molar-refractivity contribution in [3.05, 3.63) is 48.0 Å². The Labute approximate surface area is 158 Å². The Kier molecular flexibility index (Phi) is 6.93. The maximum Gasteiger partial charge on any atom is 0.485 e. The van der Waals surface area contributed by atoms with Gasteiger partial charge < -0.3 is 4.55 Å². The van der Waals surface area contributed by atoms with Crippen LogP contribution in [0.4, 0.5) is 13.2 Å². The van der Waals surface area contributed by atoms with Gasteiger partial charge in [-0.2, -0.15) is 13.2 Å². The highest BCUT2D eigenvalue weighted by Gasteiger charge is 2.39. The van der Waals surface area contributed by atoms with E-state index in [1.165, 1.54) is 40.7 Å². The smallest absolute Gasteiger partial charge is 0.485 e. The number of benzene rings is 2. The van der Waals surface area contributed by atoms with Crippen LogP contribution in [0.2, 0.25) is 0 Å². The molecule has 9 heteroatoms. The van der Waals surface area contributed by atoms with E-state index in [9.17, 15) is 18.0 Å². The topological polar surface area (TPSA) is 74.3 Å². The predicted octanol–water partition coefficient (Wildman–Crippen LogP) is 3.93. The number of rotatable bonds is 3. The van der Waals surface area contributed by atoms with Crippen LogP contribution in [-0.2, 0) is 25.8 Å². The van der Waals surface area contributed by atoms with Crippen molar-refractivity contribution in [2.45, 2.75) is 30.5 Å². The van der Waals surface area contributed by atoms with Crippen molar-refractivity contribution in [2.75, 3.05) is 11.5 Å². The average Bonchev–Trinajstić information content (AvgIpc) is 3.08. The number of halogens is 3. The SMILES string of the molecule is CC(=O)C(c1cccc2ccccc12)[S+]1CCCC1.O=S(=O)([O-])C(F)(F)F. The van der Waals surface area contributed by atoms with Gasteiger partial charge in [0.05, 0.1) is 0 Å². The minimum absolute atomic E-state index is 0.119. The molecule has 0 radical (unpaired) electrons. The lowest BCUT2D eigenvalue weighted by atomic mass is 10.0. The second-order valence-electron chi connectivity index (χ2n) is 6.11. The van der Waals surface area contributed by atoms with E-state index in [-0.39, 0.29) is 16.1 Å². The molecular weight excluding hydrogens is 401 g/mol. The van der Waals surface area contributed by atoms with Gasteiger partial charge in [0, 0.05) is 23.4 Å². The molecule has 1 saturated heterocycles.